The molecule has 1 rings (SSSR count). The third-order valence-corrected chi connectivity index (χ3v) is 2.86. The van der Waals surface area contributed by atoms with Crippen molar-refractivity contribution in [1.82, 2.24) is 10.3 Å². The van der Waals surface area contributed by atoms with Gasteiger partial charge >= 0.3 is 17.8 Å². The van der Waals surface area contributed by atoms with Crippen LogP contribution in [-0.4, -0.2) is 35.3 Å². The number of pyridine rings is 1. The summed E-state index contributed by atoms with van der Waals surface area (Å²) in [7, 11) is 0. The zero-order valence-corrected chi connectivity index (χ0v) is 13.0. The first kappa shape index (κ1) is 18.7. The van der Waals surface area contributed by atoms with E-state index in [1.807, 2.05) is 5.32 Å². The van der Waals surface area contributed by atoms with Gasteiger partial charge in [0.2, 0.25) is 5.91 Å². The Balaban J connectivity index is 3.36. The fraction of sp³-hybridized carbons (Fsp3) is 0.500. The normalized spacial score (nSPS) is 13.8. The van der Waals surface area contributed by atoms with Gasteiger partial charge in [0.1, 0.15) is 5.82 Å². The first-order valence-electron chi connectivity index (χ1n) is 6.93. The molecule has 1 aromatic rings. The Morgan fingerprint density at radius 1 is 1.26 bits per heavy atom. The van der Waals surface area contributed by atoms with Gasteiger partial charge in [0, 0.05) is 12.1 Å². The van der Waals surface area contributed by atoms with Crippen molar-refractivity contribution in [2.75, 3.05) is 11.9 Å². The molecule has 0 saturated carbocycles. The highest BCUT2D eigenvalue weighted by Gasteiger charge is 2.63. The standard InChI is InChI=1S/C14H18F3N3O3/c1-4-11(21)20-13(14(15,16)17,12(22)23-5-2)19-10-8-6-7-9(3)18-10/h6-8H,4-5H2,1-3H3,(H,18,19)(H,20,21)/t13-/m0/s1. The lowest BCUT2D eigenvalue weighted by Gasteiger charge is -2.34. The molecule has 0 spiro atoms. The number of nitrogens with zero attached hydrogens (tertiary/aromatic N) is 1. The molecule has 0 saturated heterocycles. The van der Waals surface area contributed by atoms with Crippen LogP contribution < -0.4 is 10.6 Å². The molecule has 2 N–H and O–H groups in total. The van der Waals surface area contributed by atoms with E-state index in [1.54, 1.807) is 18.3 Å². The quantitative estimate of drug-likeness (QED) is 0.616. The van der Waals surface area contributed by atoms with Gasteiger partial charge in [-0.2, -0.15) is 13.2 Å². The Morgan fingerprint density at radius 3 is 2.39 bits per heavy atom. The summed E-state index contributed by atoms with van der Waals surface area (Å²) in [5.41, 5.74) is -2.96. The highest BCUT2D eigenvalue weighted by atomic mass is 19.4. The predicted molar refractivity (Wildman–Crippen MR) is 76.4 cm³/mol. The number of anilines is 1. The van der Waals surface area contributed by atoms with Gasteiger partial charge in [0.05, 0.1) is 6.61 Å². The lowest BCUT2D eigenvalue weighted by molar-refractivity contribution is -0.207. The molecule has 0 aliphatic rings. The van der Waals surface area contributed by atoms with Crippen molar-refractivity contribution in [3.05, 3.63) is 23.9 Å². The molecular weight excluding hydrogens is 315 g/mol. The van der Waals surface area contributed by atoms with Gasteiger partial charge in [-0.15, -0.1) is 0 Å². The molecule has 128 valence electrons. The first-order chi connectivity index (χ1) is 10.7. The van der Waals surface area contributed by atoms with Gasteiger partial charge in [0.25, 0.3) is 0 Å². The molecule has 0 radical (unpaired) electrons. The van der Waals surface area contributed by atoms with E-state index in [-0.39, 0.29) is 18.8 Å². The molecule has 0 aliphatic heterocycles. The molecule has 6 nitrogen and oxygen atoms in total. The van der Waals surface area contributed by atoms with Crippen molar-refractivity contribution in [2.45, 2.75) is 39.0 Å². The number of aromatic nitrogens is 1. The van der Waals surface area contributed by atoms with Crippen molar-refractivity contribution in [3.8, 4) is 0 Å². The van der Waals surface area contributed by atoms with E-state index in [9.17, 15) is 22.8 Å². The molecule has 23 heavy (non-hydrogen) atoms. The number of carbonyl (C=O) groups excluding carboxylic acids is 2. The Morgan fingerprint density at radius 2 is 1.91 bits per heavy atom. The van der Waals surface area contributed by atoms with Crippen molar-refractivity contribution in [1.29, 1.82) is 0 Å². The lowest BCUT2D eigenvalue weighted by atomic mass is 10.1. The smallest absolute Gasteiger partial charge is 0.441 e. The molecule has 1 aromatic heterocycles. The van der Waals surface area contributed by atoms with Gasteiger partial charge in [-0.1, -0.05) is 13.0 Å². The second-order valence-electron chi connectivity index (χ2n) is 4.66. The van der Waals surface area contributed by atoms with Crippen molar-refractivity contribution < 1.29 is 27.5 Å². The first-order valence-corrected chi connectivity index (χ1v) is 6.93. The largest absolute Gasteiger partial charge is 0.463 e. The van der Waals surface area contributed by atoms with Crippen LogP contribution in [0.5, 0.6) is 0 Å². The number of amides is 1. The van der Waals surface area contributed by atoms with Gasteiger partial charge in [-0.3, -0.25) is 4.79 Å². The summed E-state index contributed by atoms with van der Waals surface area (Å²) in [4.78, 5) is 27.4. The van der Waals surface area contributed by atoms with Crippen molar-refractivity contribution in [2.24, 2.45) is 0 Å². The zero-order valence-electron chi connectivity index (χ0n) is 13.0. The minimum atomic E-state index is -5.14. The molecule has 0 bridgehead atoms. The van der Waals surface area contributed by atoms with Gasteiger partial charge in [-0.05, 0) is 26.0 Å². The molecular formula is C14H18F3N3O3. The van der Waals surface area contributed by atoms with E-state index in [0.717, 1.165) is 0 Å². The third-order valence-electron chi connectivity index (χ3n) is 2.86. The summed E-state index contributed by atoms with van der Waals surface area (Å²) in [5.74, 6) is -2.83. The number of ether oxygens (including phenoxy) is 1. The van der Waals surface area contributed by atoms with Gasteiger partial charge < -0.3 is 15.4 Å². The second-order valence-corrected chi connectivity index (χ2v) is 4.66. The number of hydrogen-bond acceptors (Lipinski definition) is 5. The van der Waals surface area contributed by atoms with Gasteiger partial charge in [-0.25, -0.2) is 9.78 Å². The van der Waals surface area contributed by atoms with E-state index in [2.05, 4.69) is 9.72 Å². The number of rotatable bonds is 6. The molecule has 1 amide bonds. The number of esters is 1. The third kappa shape index (κ3) is 4.33. The molecule has 1 atom stereocenters. The average molecular weight is 333 g/mol. The van der Waals surface area contributed by atoms with Crippen LogP contribution in [0, 0.1) is 6.92 Å². The number of nitrogens with one attached hydrogen (secondary N) is 2. The molecule has 9 heteroatoms. The Bertz CT molecular complexity index is 578. The molecule has 0 aliphatic carbocycles. The van der Waals surface area contributed by atoms with Crippen LogP contribution in [0.2, 0.25) is 0 Å². The highest BCUT2D eigenvalue weighted by Crippen LogP contribution is 2.32. The Labute approximate surface area is 131 Å². The van der Waals surface area contributed by atoms with E-state index in [4.69, 9.17) is 0 Å². The van der Waals surface area contributed by atoms with Crippen LogP contribution in [0.25, 0.3) is 0 Å². The molecule has 0 aromatic carbocycles. The molecule has 1 heterocycles. The monoisotopic (exact) mass is 333 g/mol. The minimum Gasteiger partial charge on any atom is -0.463 e. The molecule has 0 fully saturated rings. The van der Waals surface area contributed by atoms with E-state index in [1.165, 1.54) is 26.0 Å². The van der Waals surface area contributed by atoms with Crippen LogP contribution in [-0.2, 0) is 14.3 Å². The van der Waals surface area contributed by atoms with Crippen LogP contribution in [0.1, 0.15) is 26.0 Å². The topological polar surface area (TPSA) is 80.3 Å². The maximum Gasteiger partial charge on any atom is 0.441 e. The summed E-state index contributed by atoms with van der Waals surface area (Å²) in [5, 5.41) is 3.66. The maximum atomic E-state index is 13.6. The van der Waals surface area contributed by atoms with E-state index < -0.39 is 23.7 Å². The number of hydrogen-bond donors (Lipinski definition) is 2. The van der Waals surface area contributed by atoms with Crippen LogP contribution in [0.15, 0.2) is 18.2 Å². The van der Waals surface area contributed by atoms with Crippen molar-refractivity contribution in [3.63, 3.8) is 0 Å². The Kier molecular flexibility index (Phi) is 5.94. The summed E-state index contributed by atoms with van der Waals surface area (Å²) in [6, 6.07) is 4.30. The fourth-order valence-electron chi connectivity index (χ4n) is 1.73. The fourth-order valence-corrected chi connectivity index (χ4v) is 1.73. The summed E-state index contributed by atoms with van der Waals surface area (Å²) in [6.45, 7) is 4.04. The summed E-state index contributed by atoms with van der Waals surface area (Å²) in [6.07, 6.45) is -5.38. The number of carbonyl (C=O) groups is 2. The number of aryl methyl sites for hydroxylation is 1. The van der Waals surface area contributed by atoms with Gasteiger partial charge in [0.15, 0.2) is 0 Å². The summed E-state index contributed by atoms with van der Waals surface area (Å²) >= 11 is 0. The maximum absolute atomic E-state index is 13.6. The minimum absolute atomic E-state index is 0.216. The van der Waals surface area contributed by atoms with E-state index in [0.29, 0.717) is 5.69 Å². The van der Waals surface area contributed by atoms with Crippen LogP contribution in [0.3, 0.4) is 0 Å². The zero-order chi connectivity index (χ0) is 17.7. The lowest BCUT2D eigenvalue weighted by Crippen LogP contribution is -2.69. The highest BCUT2D eigenvalue weighted by molar-refractivity contribution is 5.91. The SMILES string of the molecule is CCOC(=O)[C@@](NC(=O)CC)(Nc1cccc(C)n1)C(F)(F)F. The number of halogens is 3. The van der Waals surface area contributed by atoms with Crippen molar-refractivity contribution >= 4 is 17.7 Å². The number of alkyl halides is 3. The predicted octanol–water partition coefficient (Wildman–Crippen LogP) is 2.15. The summed E-state index contributed by atoms with van der Waals surface area (Å²) < 4.78 is 45.4. The van der Waals surface area contributed by atoms with Crippen LogP contribution >= 0.6 is 0 Å². The van der Waals surface area contributed by atoms with E-state index >= 15 is 0 Å². The second kappa shape index (κ2) is 7.30. The molecule has 0 unspecified atom stereocenters. The Hall–Kier alpha value is -2.32. The average Bonchev–Trinajstić information content (AvgIpc) is 2.45. The van der Waals surface area contributed by atoms with Crippen LogP contribution in [0.4, 0.5) is 19.0 Å².